The van der Waals surface area contributed by atoms with Gasteiger partial charge in [0.2, 0.25) is 0 Å². The highest BCUT2D eigenvalue weighted by Crippen LogP contribution is 2.31. The molecule has 5 nitrogen and oxygen atoms in total. The van der Waals surface area contributed by atoms with Gasteiger partial charge in [-0.2, -0.15) is 0 Å². The van der Waals surface area contributed by atoms with Crippen molar-refractivity contribution in [1.82, 2.24) is 5.32 Å². The second-order valence-corrected chi connectivity index (χ2v) is 6.32. The quantitative estimate of drug-likeness (QED) is 0.578. The summed E-state index contributed by atoms with van der Waals surface area (Å²) in [7, 11) is 0. The van der Waals surface area contributed by atoms with E-state index >= 15 is 0 Å². The lowest BCUT2D eigenvalue weighted by Gasteiger charge is -2.27. The van der Waals surface area contributed by atoms with Crippen LogP contribution in [0.4, 0.5) is 4.79 Å². The van der Waals surface area contributed by atoms with Crippen LogP contribution in [-0.2, 0) is 20.9 Å². The maximum Gasteiger partial charge on any atom is 0.408 e. The lowest BCUT2D eigenvalue weighted by Crippen LogP contribution is -2.53. The number of hydrogen-bond acceptors (Lipinski definition) is 4. The van der Waals surface area contributed by atoms with Crippen molar-refractivity contribution in [1.29, 1.82) is 0 Å². The molecular formula is C19H27NO4. The van der Waals surface area contributed by atoms with E-state index in [1.54, 1.807) is 0 Å². The van der Waals surface area contributed by atoms with Crippen molar-refractivity contribution in [2.45, 2.75) is 64.0 Å². The van der Waals surface area contributed by atoms with E-state index in [9.17, 15) is 9.59 Å². The van der Waals surface area contributed by atoms with Crippen LogP contribution in [0.5, 0.6) is 0 Å². The molecule has 1 aliphatic rings. The number of carbonyl (C=O) groups is 2. The largest absolute Gasteiger partial charge is 0.464 e. The molecule has 1 fully saturated rings. The molecule has 1 amide bonds. The molecule has 1 aromatic carbocycles. The zero-order valence-corrected chi connectivity index (χ0v) is 14.4. The highest BCUT2D eigenvalue weighted by atomic mass is 16.6. The van der Waals surface area contributed by atoms with Crippen LogP contribution in [0.3, 0.4) is 0 Å². The number of hydrogen-bond donors (Lipinski definition) is 1. The fraction of sp³-hybridized carbons (Fsp3) is 0.579. The standard InChI is InChI=1S/C19H27NO4/c1-2-3-9-14-23-17(21)19(12-7-8-13-19)20-18(22)24-15-16-10-5-4-6-11-16/h4-6,10-11H,2-3,7-9,12-15H2,1H3,(H,20,22). The minimum Gasteiger partial charge on any atom is -0.464 e. The fourth-order valence-corrected chi connectivity index (χ4v) is 2.97. The molecule has 0 radical (unpaired) electrons. The van der Waals surface area contributed by atoms with Gasteiger partial charge in [0.15, 0.2) is 0 Å². The maximum absolute atomic E-state index is 12.4. The number of ether oxygens (including phenoxy) is 2. The molecule has 5 heteroatoms. The van der Waals surface area contributed by atoms with Crippen LogP contribution in [0, 0.1) is 0 Å². The average Bonchev–Trinajstić information content (AvgIpc) is 3.07. The highest BCUT2D eigenvalue weighted by Gasteiger charge is 2.44. The molecule has 0 spiro atoms. The fourth-order valence-electron chi connectivity index (χ4n) is 2.97. The number of rotatable bonds is 8. The Kier molecular flexibility index (Phi) is 7.09. The van der Waals surface area contributed by atoms with Crippen LogP contribution >= 0.6 is 0 Å². The van der Waals surface area contributed by atoms with Crippen LogP contribution in [0.25, 0.3) is 0 Å². The van der Waals surface area contributed by atoms with Gasteiger partial charge in [-0.15, -0.1) is 0 Å². The molecule has 0 heterocycles. The first-order valence-electron chi connectivity index (χ1n) is 8.82. The first-order valence-corrected chi connectivity index (χ1v) is 8.82. The van der Waals surface area contributed by atoms with Gasteiger partial charge in [0, 0.05) is 0 Å². The Morgan fingerprint density at radius 2 is 1.79 bits per heavy atom. The second-order valence-electron chi connectivity index (χ2n) is 6.32. The number of unbranched alkanes of at least 4 members (excludes halogenated alkanes) is 2. The van der Waals surface area contributed by atoms with Crippen molar-refractivity contribution in [3.63, 3.8) is 0 Å². The molecule has 132 valence electrons. The number of carbonyl (C=O) groups excluding carboxylic acids is 2. The van der Waals surface area contributed by atoms with Crippen LogP contribution in [-0.4, -0.2) is 24.2 Å². The molecule has 1 aromatic rings. The maximum atomic E-state index is 12.4. The van der Waals surface area contributed by atoms with Crippen LogP contribution in [0.15, 0.2) is 30.3 Å². The molecule has 1 saturated carbocycles. The van der Waals surface area contributed by atoms with Gasteiger partial charge in [-0.25, -0.2) is 9.59 Å². The molecule has 0 bridgehead atoms. The summed E-state index contributed by atoms with van der Waals surface area (Å²) in [6.45, 7) is 2.70. The Bertz CT molecular complexity index is 523. The zero-order chi connectivity index (χ0) is 17.3. The lowest BCUT2D eigenvalue weighted by molar-refractivity contribution is -0.151. The summed E-state index contributed by atoms with van der Waals surface area (Å²) >= 11 is 0. The molecule has 24 heavy (non-hydrogen) atoms. The summed E-state index contributed by atoms with van der Waals surface area (Å²) in [6.07, 6.45) is 5.44. The summed E-state index contributed by atoms with van der Waals surface area (Å²) in [5, 5.41) is 2.77. The van der Waals surface area contributed by atoms with E-state index in [1.807, 2.05) is 30.3 Å². The lowest BCUT2D eigenvalue weighted by atomic mass is 9.98. The number of benzene rings is 1. The third kappa shape index (κ3) is 5.25. The molecular weight excluding hydrogens is 306 g/mol. The van der Waals surface area contributed by atoms with Crippen LogP contribution < -0.4 is 5.32 Å². The smallest absolute Gasteiger partial charge is 0.408 e. The van der Waals surface area contributed by atoms with Gasteiger partial charge in [0.25, 0.3) is 0 Å². The van der Waals surface area contributed by atoms with Crippen molar-refractivity contribution in [2.24, 2.45) is 0 Å². The van der Waals surface area contributed by atoms with E-state index in [0.29, 0.717) is 19.4 Å². The predicted molar refractivity (Wildman–Crippen MR) is 91.4 cm³/mol. The van der Waals surface area contributed by atoms with E-state index in [2.05, 4.69) is 12.2 Å². The first-order chi connectivity index (χ1) is 11.7. The van der Waals surface area contributed by atoms with Gasteiger partial charge in [0.1, 0.15) is 12.1 Å². The first kappa shape index (κ1) is 18.3. The summed E-state index contributed by atoms with van der Waals surface area (Å²) < 4.78 is 10.6. The zero-order valence-electron chi connectivity index (χ0n) is 14.4. The van der Waals surface area contributed by atoms with Crippen LogP contribution in [0.1, 0.15) is 57.4 Å². The minimum atomic E-state index is -0.917. The van der Waals surface area contributed by atoms with E-state index < -0.39 is 11.6 Å². The third-order valence-corrected chi connectivity index (χ3v) is 4.38. The molecule has 0 saturated heterocycles. The van der Waals surface area contributed by atoms with Crippen molar-refractivity contribution in [3.05, 3.63) is 35.9 Å². The molecule has 0 aromatic heterocycles. The SMILES string of the molecule is CCCCCOC(=O)C1(NC(=O)OCc2ccccc2)CCCC1. The monoisotopic (exact) mass is 333 g/mol. The Balaban J connectivity index is 1.85. The van der Waals surface area contributed by atoms with Crippen molar-refractivity contribution < 1.29 is 19.1 Å². The third-order valence-electron chi connectivity index (χ3n) is 4.38. The van der Waals surface area contributed by atoms with Gasteiger partial charge in [-0.05, 0) is 24.8 Å². The minimum absolute atomic E-state index is 0.189. The highest BCUT2D eigenvalue weighted by molar-refractivity contribution is 5.86. The summed E-state index contributed by atoms with van der Waals surface area (Å²) in [4.78, 5) is 24.6. The average molecular weight is 333 g/mol. The van der Waals surface area contributed by atoms with E-state index in [4.69, 9.17) is 9.47 Å². The van der Waals surface area contributed by atoms with E-state index in [1.165, 1.54) is 0 Å². The van der Waals surface area contributed by atoms with Gasteiger partial charge in [-0.1, -0.05) is 62.9 Å². The van der Waals surface area contributed by atoms with Crippen molar-refractivity contribution in [2.75, 3.05) is 6.61 Å². The normalized spacial score (nSPS) is 15.7. The molecule has 2 rings (SSSR count). The number of amides is 1. The van der Waals surface area contributed by atoms with Crippen molar-refractivity contribution >= 4 is 12.1 Å². The molecule has 0 atom stereocenters. The Morgan fingerprint density at radius 3 is 2.46 bits per heavy atom. The molecule has 0 aliphatic heterocycles. The number of alkyl carbamates (subject to hydrolysis) is 1. The molecule has 1 aliphatic carbocycles. The topological polar surface area (TPSA) is 64.6 Å². The number of nitrogens with one attached hydrogen (secondary N) is 1. The summed E-state index contributed by atoms with van der Waals surface area (Å²) in [5.41, 5.74) is -0.00440. The molecule has 1 N–H and O–H groups in total. The molecule has 0 unspecified atom stereocenters. The van der Waals surface area contributed by atoms with Gasteiger partial charge in [-0.3, -0.25) is 0 Å². The van der Waals surface area contributed by atoms with Gasteiger partial charge >= 0.3 is 12.1 Å². The Morgan fingerprint density at radius 1 is 1.08 bits per heavy atom. The van der Waals surface area contributed by atoms with E-state index in [-0.39, 0.29) is 12.6 Å². The van der Waals surface area contributed by atoms with Crippen molar-refractivity contribution in [3.8, 4) is 0 Å². The van der Waals surface area contributed by atoms with Gasteiger partial charge in [0.05, 0.1) is 6.61 Å². The Hall–Kier alpha value is -2.04. The van der Waals surface area contributed by atoms with Crippen LogP contribution in [0.2, 0.25) is 0 Å². The number of esters is 1. The van der Waals surface area contributed by atoms with E-state index in [0.717, 1.165) is 37.7 Å². The summed E-state index contributed by atoms with van der Waals surface area (Å²) in [6, 6.07) is 9.47. The Labute approximate surface area is 143 Å². The second kappa shape index (κ2) is 9.30. The van der Waals surface area contributed by atoms with Gasteiger partial charge < -0.3 is 14.8 Å². The predicted octanol–water partition coefficient (Wildman–Crippen LogP) is 3.96. The summed E-state index contributed by atoms with van der Waals surface area (Å²) in [5.74, 6) is -0.326.